The maximum Gasteiger partial charge on any atom is 0.320 e. The molecule has 0 saturated carbocycles. The van der Waals surface area contributed by atoms with Crippen LogP contribution in [0.3, 0.4) is 0 Å². The van der Waals surface area contributed by atoms with E-state index < -0.39 is 0 Å². The molecule has 0 bridgehead atoms. The Labute approximate surface area is 104 Å². The molecule has 6 heteroatoms. The number of hydrogen-bond donors (Lipinski definition) is 2. The van der Waals surface area contributed by atoms with E-state index in [0.717, 1.165) is 0 Å². The topological polar surface area (TPSA) is 63.0 Å². The van der Waals surface area contributed by atoms with Gasteiger partial charge in [0.15, 0.2) is 0 Å². The van der Waals surface area contributed by atoms with Crippen molar-refractivity contribution in [3.05, 3.63) is 35.5 Å². The van der Waals surface area contributed by atoms with Gasteiger partial charge in [0, 0.05) is 5.69 Å². The van der Waals surface area contributed by atoms with E-state index >= 15 is 0 Å². The predicted molar refractivity (Wildman–Crippen MR) is 66.2 cm³/mol. The van der Waals surface area contributed by atoms with Gasteiger partial charge in [-0.15, -0.1) is 5.10 Å². The molecule has 0 amide bonds. The molecule has 0 fully saturated rings. The predicted octanol–water partition coefficient (Wildman–Crippen LogP) is 2.54. The van der Waals surface area contributed by atoms with Gasteiger partial charge in [-0.2, -0.15) is 0 Å². The fourth-order valence-electron chi connectivity index (χ4n) is 1.38. The van der Waals surface area contributed by atoms with Crippen molar-refractivity contribution in [2.75, 3.05) is 12.4 Å². The van der Waals surface area contributed by atoms with Crippen molar-refractivity contribution in [1.29, 1.82) is 0 Å². The average Bonchev–Trinajstić information content (AvgIpc) is 2.81. The molecular formula is C12H15FN4O. The second-order valence-electron chi connectivity index (χ2n) is 4.04. The molecule has 1 aromatic carbocycles. The van der Waals surface area contributed by atoms with Crippen LogP contribution < -0.4 is 10.6 Å². The summed E-state index contributed by atoms with van der Waals surface area (Å²) in [5, 5.41) is 13.6. The number of rotatable bonds is 4. The van der Waals surface area contributed by atoms with Crippen molar-refractivity contribution < 1.29 is 8.81 Å². The van der Waals surface area contributed by atoms with Gasteiger partial charge in [-0.1, -0.05) is 11.2 Å². The third-order valence-corrected chi connectivity index (χ3v) is 2.67. The third-order valence-electron chi connectivity index (χ3n) is 2.67. The largest absolute Gasteiger partial charge is 0.406 e. The van der Waals surface area contributed by atoms with Crippen molar-refractivity contribution >= 4 is 11.7 Å². The summed E-state index contributed by atoms with van der Waals surface area (Å²) in [7, 11) is 1.80. The van der Waals surface area contributed by atoms with Gasteiger partial charge in [0.05, 0.1) is 6.04 Å². The first kappa shape index (κ1) is 12.5. The van der Waals surface area contributed by atoms with Crippen molar-refractivity contribution in [3.63, 3.8) is 0 Å². The van der Waals surface area contributed by atoms with Crippen molar-refractivity contribution in [2.24, 2.45) is 0 Å². The molecule has 96 valence electrons. The second kappa shape index (κ2) is 5.14. The minimum Gasteiger partial charge on any atom is -0.406 e. The number of benzene rings is 1. The average molecular weight is 250 g/mol. The molecule has 0 aliphatic carbocycles. The molecule has 2 rings (SSSR count). The molecule has 0 aliphatic rings. The van der Waals surface area contributed by atoms with Crippen LogP contribution >= 0.6 is 0 Å². The molecule has 2 aromatic rings. The maximum atomic E-state index is 13.4. The van der Waals surface area contributed by atoms with E-state index in [2.05, 4.69) is 20.8 Å². The van der Waals surface area contributed by atoms with Gasteiger partial charge in [-0.05, 0) is 38.6 Å². The van der Waals surface area contributed by atoms with E-state index in [1.807, 2.05) is 6.92 Å². The monoisotopic (exact) mass is 250 g/mol. The van der Waals surface area contributed by atoms with E-state index in [0.29, 0.717) is 17.1 Å². The normalized spacial score (nSPS) is 12.4. The number of nitrogens with one attached hydrogen (secondary N) is 2. The van der Waals surface area contributed by atoms with Gasteiger partial charge in [-0.25, -0.2) is 4.39 Å². The van der Waals surface area contributed by atoms with Crippen LogP contribution in [-0.4, -0.2) is 17.2 Å². The smallest absolute Gasteiger partial charge is 0.320 e. The first-order chi connectivity index (χ1) is 8.60. The number of nitrogens with zero attached hydrogens (tertiary/aromatic N) is 2. The Bertz CT molecular complexity index is 541. The number of halogens is 1. The molecule has 0 spiro atoms. The Kier molecular flexibility index (Phi) is 3.57. The first-order valence-corrected chi connectivity index (χ1v) is 5.64. The van der Waals surface area contributed by atoms with Crippen LogP contribution in [0.25, 0.3) is 0 Å². The zero-order chi connectivity index (χ0) is 13.1. The lowest BCUT2D eigenvalue weighted by Crippen LogP contribution is -2.12. The standard InChI is InChI=1S/C12H15FN4O/c1-7-4-5-9(6-10(7)13)15-12-17-16-11(18-12)8(2)14-3/h4-6,8,14H,1-3H3,(H,15,17). The Morgan fingerprint density at radius 1 is 1.33 bits per heavy atom. The first-order valence-electron chi connectivity index (χ1n) is 5.64. The quantitative estimate of drug-likeness (QED) is 0.873. The fraction of sp³-hybridized carbons (Fsp3) is 0.333. The van der Waals surface area contributed by atoms with E-state index in [4.69, 9.17) is 4.42 Å². The van der Waals surface area contributed by atoms with Crippen LogP contribution in [0.15, 0.2) is 22.6 Å². The molecule has 1 unspecified atom stereocenters. The highest BCUT2D eigenvalue weighted by molar-refractivity contribution is 5.52. The second-order valence-corrected chi connectivity index (χ2v) is 4.04. The Morgan fingerprint density at radius 2 is 2.11 bits per heavy atom. The summed E-state index contributed by atoms with van der Waals surface area (Å²) in [5.74, 6) is 0.205. The highest BCUT2D eigenvalue weighted by Crippen LogP contribution is 2.19. The van der Waals surface area contributed by atoms with Gasteiger partial charge in [0.25, 0.3) is 0 Å². The number of aromatic nitrogens is 2. The highest BCUT2D eigenvalue weighted by atomic mass is 19.1. The van der Waals surface area contributed by atoms with E-state index in [1.165, 1.54) is 6.07 Å². The molecule has 0 aliphatic heterocycles. The van der Waals surface area contributed by atoms with Crippen LogP contribution in [0.5, 0.6) is 0 Å². The summed E-state index contributed by atoms with van der Waals surface area (Å²) in [4.78, 5) is 0. The summed E-state index contributed by atoms with van der Waals surface area (Å²) in [6.45, 7) is 3.61. The molecule has 5 nitrogen and oxygen atoms in total. The highest BCUT2D eigenvalue weighted by Gasteiger charge is 2.12. The van der Waals surface area contributed by atoms with Crippen molar-refractivity contribution in [1.82, 2.24) is 15.5 Å². The van der Waals surface area contributed by atoms with Gasteiger partial charge < -0.3 is 15.1 Å². The molecule has 1 heterocycles. The summed E-state index contributed by atoms with van der Waals surface area (Å²) in [6, 6.07) is 5.05. The number of anilines is 2. The maximum absolute atomic E-state index is 13.4. The molecule has 18 heavy (non-hydrogen) atoms. The Balaban J connectivity index is 2.13. The lowest BCUT2D eigenvalue weighted by molar-refractivity contribution is 0.443. The number of aryl methyl sites for hydroxylation is 1. The van der Waals surface area contributed by atoms with E-state index in [9.17, 15) is 4.39 Å². The van der Waals surface area contributed by atoms with Gasteiger partial charge >= 0.3 is 6.01 Å². The van der Waals surface area contributed by atoms with Crippen LogP contribution in [0.2, 0.25) is 0 Å². The fourth-order valence-corrected chi connectivity index (χ4v) is 1.38. The molecule has 1 atom stereocenters. The zero-order valence-corrected chi connectivity index (χ0v) is 10.5. The third kappa shape index (κ3) is 2.65. The van der Waals surface area contributed by atoms with Gasteiger partial charge in [0.2, 0.25) is 5.89 Å². The summed E-state index contributed by atoms with van der Waals surface area (Å²) < 4.78 is 18.7. The van der Waals surface area contributed by atoms with Gasteiger partial charge in [0.1, 0.15) is 5.82 Å². The van der Waals surface area contributed by atoms with Gasteiger partial charge in [-0.3, -0.25) is 0 Å². The van der Waals surface area contributed by atoms with Crippen LogP contribution in [0, 0.1) is 12.7 Å². The Hall–Kier alpha value is -1.95. The lowest BCUT2D eigenvalue weighted by atomic mass is 10.2. The van der Waals surface area contributed by atoms with Crippen LogP contribution in [0.1, 0.15) is 24.4 Å². The minimum atomic E-state index is -0.275. The SMILES string of the molecule is CNC(C)c1nnc(Nc2ccc(C)c(F)c2)o1. The minimum absolute atomic E-state index is 0.0252. The Morgan fingerprint density at radius 3 is 2.78 bits per heavy atom. The molecule has 1 aromatic heterocycles. The molecular weight excluding hydrogens is 235 g/mol. The van der Waals surface area contributed by atoms with E-state index in [-0.39, 0.29) is 17.9 Å². The van der Waals surface area contributed by atoms with Crippen LogP contribution in [-0.2, 0) is 0 Å². The molecule has 0 radical (unpaired) electrons. The molecule has 2 N–H and O–H groups in total. The molecule has 0 saturated heterocycles. The van der Waals surface area contributed by atoms with E-state index in [1.54, 1.807) is 26.1 Å². The van der Waals surface area contributed by atoms with Crippen molar-refractivity contribution in [2.45, 2.75) is 19.9 Å². The zero-order valence-electron chi connectivity index (χ0n) is 10.5. The number of hydrogen-bond acceptors (Lipinski definition) is 5. The summed E-state index contributed by atoms with van der Waals surface area (Å²) in [6.07, 6.45) is 0. The summed E-state index contributed by atoms with van der Waals surface area (Å²) >= 11 is 0. The summed E-state index contributed by atoms with van der Waals surface area (Å²) in [5.41, 5.74) is 1.17. The van der Waals surface area contributed by atoms with Crippen LogP contribution in [0.4, 0.5) is 16.1 Å². The lowest BCUT2D eigenvalue weighted by Gasteiger charge is -2.04. The van der Waals surface area contributed by atoms with Crippen molar-refractivity contribution in [3.8, 4) is 0 Å².